The maximum atomic E-state index is 5.86. The van der Waals surface area contributed by atoms with E-state index < -0.39 is 0 Å². The molecule has 0 saturated heterocycles. The van der Waals surface area contributed by atoms with Crippen molar-refractivity contribution < 1.29 is 0 Å². The molecule has 0 aliphatic carbocycles. The van der Waals surface area contributed by atoms with Crippen LogP contribution in [0.15, 0.2) is 18.6 Å². The fourth-order valence-electron chi connectivity index (χ4n) is 1.08. The zero-order chi connectivity index (χ0) is 8.55. The van der Waals surface area contributed by atoms with Gasteiger partial charge in [-0.2, -0.15) is 0 Å². The molecular formula is C8H6ClN3. The lowest BCUT2D eigenvalue weighted by Crippen LogP contribution is -1.87. The smallest absolute Gasteiger partial charge is 0.155 e. The number of aryl methyl sites for hydroxylation is 1. The van der Waals surface area contributed by atoms with Gasteiger partial charge in [-0.3, -0.25) is 0 Å². The van der Waals surface area contributed by atoms with Crippen molar-refractivity contribution in [1.82, 2.24) is 15.0 Å². The van der Waals surface area contributed by atoms with Crippen LogP contribution in [0, 0.1) is 6.92 Å². The van der Waals surface area contributed by atoms with Crippen molar-refractivity contribution in [2.75, 3.05) is 0 Å². The molecule has 4 heteroatoms. The number of halogens is 1. The van der Waals surface area contributed by atoms with Gasteiger partial charge in [-0.1, -0.05) is 11.6 Å². The highest BCUT2D eigenvalue weighted by Gasteiger charge is 2.01. The highest BCUT2D eigenvalue weighted by Crippen LogP contribution is 2.18. The van der Waals surface area contributed by atoms with Gasteiger partial charge in [0.25, 0.3) is 0 Å². The molecule has 60 valence electrons. The third kappa shape index (κ3) is 1.12. The second-order valence-electron chi connectivity index (χ2n) is 2.52. The summed E-state index contributed by atoms with van der Waals surface area (Å²) in [5.41, 5.74) is 1.58. The second kappa shape index (κ2) is 2.68. The molecule has 3 nitrogen and oxygen atoms in total. The minimum absolute atomic E-state index is 0.437. The Morgan fingerprint density at radius 2 is 2.25 bits per heavy atom. The van der Waals surface area contributed by atoms with E-state index in [1.54, 1.807) is 6.20 Å². The third-order valence-corrected chi connectivity index (χ3v) is 1.84. The van der Waals surface area contributed by atoms with Crippen LogP contribution < -0.4 is 0 Å². The zero-order valence-corrected chi connectivity index (χ0v) is 7.21. The molecule has 2 aromatic rings. The molecule has 0 bridgehead atoms. The molecule has 0 radical (unpaired) electrons. The van der Waals surface area contributed by atoms with Crippen LogP contribution in [0.3, 0.4) is 0 Å². The lowest BCUT2D eigenvalue weighted by atomic mass is 10.3. The number of nitrogens with zero attached hydrogens (tertiary/aromatic N) is 3. The van der Waals surface area contributed by atoms with E-state index in [4.69, 9.17) is 11.6 Å². The Morgan fingerprint density at radius 3 is 3.08 bits per heavy atom. The van der Waals surface area contributed by atoms with E-state index in [1.165, 1.54) is 6.33 Å². The van der Waals surface area contributed by atoms with Gasteiger partial charge in [-0.25, -0.2) is 15.0 Å². The number of hydrogen-bond acceptors (Lipinski definition) is 3. The average Bonchev–Trinajstić information content (AvgIpc) is 2.04. The minimum Gasteiger partial charge on any atom is -0.244 e. The van der Waals surface area contributed by atoms with Crippen LogP contribution in [0.5, 0.6) is 0 Å². The quantitative estimate of drug-likeness (QED) is 0.581. The van der Waals surface area contributed by atoms with Crippen molar-refractivity contribution in [3.63, 3.8) is 0 Å². The van der Waals surface area contributed by atoms with Gasteiger partial charge in [0.1, 0.15) is 11.8 Å². The number of fused-ring (bicyclic) bond motifs is 1. The SMILES string of the molecule is Cc1cc2cncnc2c(Cl)n1. The Morgan fingerprint density at radius 1 is 1.42 bits per heavy atom. The molecule has 0 amide bonds. The van der Waals surface area contributed by atoms with E-state index in [1.807, 2.05) is 13.0 Å². The highest BCUT2D eigenvalue weighted by molar-refractivity contribution is 6.33. The molecule has 2 aromatic heterocycles. The summed E-state index contributed by atoms with van der Waals surface area (Å²) >= 11 is 5.86. The summed E-state index contributed by atoms with van der Waals surface area (Å²) in [6.07, 6.45) is 3.19. The molecule has 2 heterocycles. The number of rotatable bonds is 0. The van der Waals surface area contributed by atoms with Crippen LogP contribution >= 0.6 is 11.6 Å². The second-order valence-corrected chi connectivity index (χ2v) is 2.87. The lowest BCUT2D eigenvalue weighted by Gasteiger charge is -1.98. The van der Waals surface area contributed by atoms with Gasteiger partial charge in [0.2, 0.25) is 0 Å². The summed E-state index contributed by atoms with van der Waals surface area (Å²) in [6.45, 7) is 1.89. The van der Waals surface area contributed by atoms with Gasteiger partial charge in [-0.15, -0.1) is 0 Å². The van der Waals surface area contributed by atoms with Crippen molar-refractivity contribution in [2.45, 2.75) is 6.92 Å². The Balaban J connectivity index is 2.89. The Kier molecular flexibility index (Phi) is 1.66. The van der Waals surface area contributed by atoms with Crippen LogP contribution in [0.1, 0.15) is 5.69 Å². The standard InChI is InChI=1S/C8H6ClN3/c1-5-2-6-3-10-4-11-7(6)8(9)12-5/h2-4H,1H3. The first kappa shape index (κ1) is 7.43. The first-order chi connectivity index (χ1) is 5.77. The fourth-order valence-corrected chi connectivity index (χ4v) is 1.37. The molecule has 0 saturated carbocycles. The van der Waals surface area contributed by atoms with E-state index in [9.17, 15) is 0 Å². The number of pyridine rings is 1. The molecule has 0 spiro atoms. The van der Waals surface area contributed by atoms with Crippen molar-refractivity contribution in [1.29, 1.82) is 0 Å². The average molecular weight is 180 g/mol. The summed E-state index contributed by atoms with van der Waals surface area (Å²) in [5, 5.41) is 1.36. The molecule has 0 fully saturated rings. The Labute approximate surface area is 74.4 Å². The maximum absolute atomic E-state index is 5.86. The first-order valence-electron chi connectivity index (χ1n) is 3.50. The fraction of sp³-hybridized carbons (Fsp3) is 0.125. The van der Waals surface area contributed by atoms with Crippen LogP contribution in [0.4, 0.5) is 0 Å². The van der Waals surface area contributed by atoms with E-state index >= 15 is 0 Å². The van der Waals surface area contributed by atoms with E-state index in [0.29, 0.717) is 10.7 Å². The lowest BCUT2D eigenvalue weighted by molar-refractivity contribution is 1.17. The Hall–Kier alpha value is -1.22. The van der Waals surface area contributed by atoms with Gasteiger partial charge in [0, 0.05) is 17.3 Å². The normalized spacial score (nSPS) is 10.5. The molecule has 0 unspecified atom stereocenters. The summed E-state index contributed by atoms with van der Waals surface area (Å²) in [7, 11) is 0. The van der Waals surface area contributed by atoms with Gasteiger partial charge >= 0.3 is 0 Å². The first-order valence-corrected chi connectivity index (χ1v) is 3.88. The van der Waals surface area contributed by atoms with Crippen LogP contribution in [-0.4, -0.2) is 15.0 Å². The van der Waals surface area contributed by atoms with Crippen molar-refractivity contribution in [3.05, 3.63) is 29.4 Å². The molecule has 0 atom stereocenters. The van der Waals surface area contributed by atoms with Crippen LogP contribution in [-0.2, 0) is 0 Å². The van der Waals surface area contributed by atoms with E-state index in [-0.39, 0.29) is 0 Å². The van der Waals surface area contributed by atoms with Gasteiger partial charge in [0.15, 0.2) is 5.15 Å². The summed E-state index contributed by atoms with van der Waals surface area (Å²) in [4.78, 5) is 12.0. The molecule has 0 N–H and O–H groups in total. The minimum atomic E-state index is 0.437. The van der Waals surface area contributed by atoms with Gasteiger partial charge < -0.3 is 0 Å². The summed E-state index contributed by atoms with van der Waals surface area (Å²) in [6, 6.07) is 1.90. The monoisotopic (exact) mass is 179 g/mol. The van der Waals surface area contributed by atoms with Crippen molar-refractivity contribution in [2.24, 2.45) is 0 Å². The van der Waals surface area contributed by atoms with Crippen molar-refractivity contribution in [3.8, 4) is 0 Å². The largest absolute Gasteiger partial charge is 0.244 e. The molecule has 12 heavy (non-hydrogen) atoms. The van der Waals surface area contributed by atoms with Crippen molar-refractivity contribution >= 4 is 22.5 Å². The zero-order valence-electron chi connectivity index (χ0n) is 6.45. The van der Waals surface area contributed by atoms with Gasteiger partial charge in [0.05, 0.1) is 0 Å². The predicted molar refractivity (Wildman–Crippen MR) is 47.1 cm³/mol. The van der Waals surface area contributed by atoms with Gasteiger partial charge in [-0.05, 0) is 13.0 Å². The van der Waals surface area contributed by atoms with Crippen LogP contribution in [0.25, 0.3) is 10.9 Å². The third-order valence-electron chi connectivity index (χ3n) is 1.57. The topological polar surface area (TPSA) is 38.7 Å². The van der Waals surface area contributed by atoms with E-state index in [2.05, 4.69) is 15.0 Å². The molecule has 0 aromatic carbocycles. The molecule has 0 aliphatic rings. The molecule has 0 aliphatic heterocycles. The van der Waals surface area contributed by atoms with Crippen LogP contribution in [0.2, 0.25) is 5.15 Å². The Bertz CT molecular complexity index is 428. The highest BCUT2D eigenvalue weighted by atomic mass is 35.5. The number of hydrogen-bond donors (Lipinski definition) is 0. The molecule has 2 rings (SSSR count). The summed E-state index contributed by atoms with van der Waals surface area (Å²) < 4.78 is 0. The van der Waals surface area contributed by atoms with E-state index in [0.717, 1.165) is 11.1 Å². The predicted octanol–water partition coefficient (Wildman–Crippen LogP) is 1.99. The summed E-state index contributed by atoms with van der Waals surface area (Å²) in [5.74, 6) is 0. The molecular weight excluding hydrogens is 174 g/mol. The maximum Gasteiger partial charge on any atom is 0.155 e. The number of aromatic nitrogens is 3.